The minimum absolute atomic E-state index is 0.322. The Morgan fingerprint density at radius 2 is 1.93 bits per heavy atom. The zero-order chi connectivity index (χ0) is 11.1. The highest BCUT2D eigenvalue weighted by Gasteiger charge is 2.09. The van der Waals surface area contributed by atoms with Gasteiger partial charge in [-0.3, -0.25) is 0 Å². The fourth-order valence-corrected chi connectivity index (χ4v) is 2.21. The molecule has 1 N–H and O–H groups in total. The van der Waals surface area contributed by atoms with Crippen LogP contribution < -0.4 is 0 Å². The summed E-state index contributed by atoms with van der Waals surface area (Å²) in [5, 5.41) is 9.97. The molecule has 1 rings (SSSR count). The molecule has 84 valence electrons. The van der Waals surface area contributed by atoms with Gasteiger partial charge in [0.2, 0.25) is 0 Å². The van der Waals surface area contributed by atoms with E-state index in [-0.39, 0.29) is 6.10 Å². The molecule has 0 fully saturated rings. The summed E-state index contributed by atoms with van der Waals surface area (Å²) in [6.07, 6.45) is 5.38. The van der Waals surface area contributed by atoms with Crippen molar-refractivity contribution >= 4 is 15.9 Å². The Morgan fingerprint density at radius 1 is 1.20 bits per heavy atom. The lowest BCUT2D eigenvalue weighted by atomic mass is 10.0. The third-order valence-electron chi connectivity index (χ3n) is 2.60. The molecule has 1 nitrogen and oxygen atoms in total. The number of benzene rings is 1. The van der Waals surface area contributed by atoms with E-state index in [1.54, 1.807) is 0 Å². The van der Waals surface area contributed by atoms with E-state index in [0.29, 0.717) is 0 Å². The van der Waals surface area contributed by atoms with Gasteiger partial charge >= 0.3 is 0 Å². The normalized spacial score (nSPS) is 12.7. The van der Waals surface area contributed by atoms with Crippen LogP contribution in [0.5, 0.6) is 0 Å². The molecule has 15 heavy (non-hydrogen) atoms. The van der Waals surface area contributed by atoms with E-state index in [1.807, 2.05) is 24.3 Å². The van der Waals surface area contributed by atoms with Crippen LogP contribution in [-0.4, -0.2) is 5.11 Å². The average molecular weight is 271 g/mol. The lowest BCUT2D eigenvalue weighted by Gasteiger charge is -2.12. The summed E-state index contributed by atoms with van der Waals surface area (Å²) in [6, 6.07) is 7.89. The van der Waals surface area contributed by atoms with E-state index in [1.165, 1.54) is 19.3 Å². The Balaban J connectivity index is 2.40. The molecule has 0 saturated heterocycles. The van der Waals surface area contributed by atoms with Crippen molar-refractivity contribution in [1.29, 1.82) is 0 Å². The first-order valence-electron chi connectivity index (χ1n) is 5.68. The first kappa shape index (κ1) is 12.7. The molecule has 0 amide bonds. The Morgan fingerprint density at radius 3 is 2.60 bits per heavy atom. The van der Waals surface area contributed by atoms with Gasteiger partial charge < -0.3 is 5.11 Å². The van der Waals surface area contributed by atoms with E-state index in [0.717, 1.165) is 22.9 Å². The topological polar surface area (TPSA) is 20.2 Å². The highest BCUT2D eigenvalue weighted by atomic mass is 79.9. The molecule has 0 saturated carbocycles. The molecular formula is C13H19BrO. The van der Waals surface area contributed by atoms with Crippen LogP contribution in [0.2, 0.25) is 0 Å². The van der Waals surface area contributed by atoms with Crippen molar-refractivity contribution in [1.82, 2.24) is 0 Å². The van der Waals surface area contributed by atoms with Gasteiger partial charge in [-0.1, -0.05) is 66.7 Å². The third-order valence-corrected chi connectivity index (χ3v) is 3.32. The summed E-state index contributed by atoms with van der Waals surface area (Å²) >= 11 is 3.46. The van der Waals surface area contributed by atoms with E-state index in [4.69, 9.17) is 0 Å². The summed E-state index contributed by atoms with van der Waals surface area (Å²) in [5.74, 6) is 0. The maximum absolute atomic E-state index is 9.97. The van der Waals surface area contributed by atoms with Crippen molar-refractivity contribution in [2.24, 2.45) is 0 Å². The van der Waals surface area contributed by atoms with Crippen LogP contribution in [0.1, 0.15) is 50.7 Å². The molecular weight excluding hydrogens is 252 g/mol. The van der Waals surface area contributed by atoms with Crippen molar-refractivity contribution in [3.05, 3.63) is 34.3 Å². The van der Waals surface area contributed by atoms with Gasteiger partial charge in [-0.25, -0.2) is 0 Å². The summed E-state index contributed by atoms with van der Waals surface area (Å²) in [4.78, 5) is 0. The highest BCUT2D eigenvalue weighted by molar-refractivity contribution is 9.10. The monoisotopic (exact) mass is 270 g/mol. The summed E-state index contributed by atoms with van der Waals surface area (Å²) in [7, 11) is 0. The largest absolute Gasteiger partial charge is 0.388 e. The fourth-order valence-electron chi connectivity index (χ4n) is 1.67. The van der Waals surface area contributed by atoms with Crippen LogP contribution in [0, 0.1) is 0 Å². The summed E-state index contributed by atoms with van der Waals surface area (Å²) < 4.78 is 1.01. The first-order chi connectivity index (χ1) is 7.25. The molecule has 0 spiro atoms. The zero-order valence-corrected chi connectivity index (χ0v) is 10.8. The number of hydrogen-bond acceptors (Lipinski definition) is 1. The quantitative estimate of drug-likeness (QED) is 0.758. The first-order valence-corrected chi connectivity index (χ1v) is 6.47. The van der Waals surface area contributed by atoms with E-state index in [2.05, 4.69) is 22.9 Å². The van der Waals surface area contributed by atoms with E-state index >= 15 is 0 Å². The van der Waals surface area contributed by atoms with Crippen LogP contribution in [0.15, 0.2) is 28.7 Å². The number of halogens is 1. The molecule has 0 unspecified atom stereocenters. The molecule has 2 heteroatoms. The molecule has 0 aliphatic heterocycles. The van der Waals surface area contributed by atoms with Crippen LogP contribution in [0.25, 0.3) is 0 Å². The highest BCUT2D eigenvalue weighted by Crippen LogP contribution is 2.26. The van der Waals surface area contributed by atoms with Gasteiger partial charge in [-0.2, -0.15) is 0 Å². The Kier molecular flexibility index (Phi) is 5.96. The second kappa shape index (κ2) is 7.02. The maximum Gasteiger partial charge on any atom is 0.0800 e. The van der Waals surface area contributed by atoms with Gasteiger partial charge in [-0.05, 0) is 18.1 Å². The smallest absolute Gasteiger partial charge is 0.0800 e. The van der Waals surface area contributed by atoms with E-state index < -0.39 is 0 Å². The molecule has 1 aromatic carbocycles. The van der Waals surface area contributed by atoms with Crippen LogP contribution in [0.3, 0.4) is 0 Å². The van der Waals surface area contributed by atoms with Crippen molar-refractivity contribution in [3.8, 4) is 0 Å². The maximum atomic E-state index is 9.97. The van der Waals surface area contributed by atoms with E-state index in [9.17, 15) is 5.11 Å². The number of aliphatic hydroxyl groups is 1. The number of rotatable bonds is 6. The molecule has 0 bridgehead atoms. The van der Waals surface area contributed by atoms with Crippen LogP contribution in [0.4, 0.5) is 0 Å². The van der Waals surface area contributed by atoms with Gasteiger partial charge in [0.05, 0.1) is 6.10 Å². The molecule has 0 aliphatic carbocycles. The number of aliphatic hydroxyl groups excluding tert-OH is 1. The second-order valence-electron chi connectivity index (χ2n) is 3.89. The molecule has 0 aromatic heterocycles. The molecule has 0 aliphatic rings. The molecule has 1 atom stereocenters. The predicted molar refractivity (Wildman–Crippen MR) is 67.9 cm³/mol. The third kappa shape index (κ3) is 4.35. The van der Waals surface area contributed by atoms with Gasteiger partial charge in [0.1, 0.15) is 0 Å². The van der Waals surface area contributed by atoms with Crippen LogP contribution in [-0.2, 0) is 0 Å². The van der Waals surface area contributed by atoms with Gasteiger partial charge in [0.15, 0.2) is 0 Å². The predicted octanol–water partition coefficient (Wildman–Crippen LogP) is 4.45. The fraction of sp³-hybridized carbons (Fsp3) is 0.538. The van der Waals surface area contributed by atoms with Crippen molar-refractivity contribution in [2.45, 2.75) is 45.1 Å². The Hall–Kier alpha value is -0.340. The van der Waals surface area contributed by atoms with Crippen LogP contribution >= 0.6 is 15.9 Å². The molecule has 0 radical (unpaired) electrons. The number of unbranched alkanes of at least 4 members (excludes halogenated alkanes) is 3. The molecule has 0 heterocycles. The Bertz CT molecular complexity index is 286. The van der Waals surface area contributed by atoms with Gasteiger partial charge in [-0.15, -0.1) is 0 Å². The lowest BCUT2D eigenvalue weighted by molar-refractivity contribution is 0.162. The zero-order valence-electron chi connectivity index (χ0n) is 9.25. The van der Waals surface area contributed by atoms with Crippen molar-refractivity contribution < 1.29 is 5.11 Å². The lowest BCUT2D eigenvalue weighted by Crippen LogP contribution is -1.98. The SMILES string of the molecule is CCCCCC[C@H](O)c1ccccc1Br. The average Bonchev–Trinajstić information content (AvgIpc) is 2.25. The van der Waals surface area contributed by atoms with Gasteiger partial charge in [0, 0.05) is 4.47 Å². The minimum Gasteiger partial charge on any atom is -0.388 e. The molecule has 1 aromatic rings. The van der Waals surface area contributed by atoms with Crippen molar-refractivity contribution in [3.63, 3.8) is 0 Å². The Labute approximate surface area is 101 Å². The summed E-state index contributed by atoms with van der Waals surface area (Å²) in [5.41, 5.74) is 1.01. The van der Waals surface area contributed by atoms with Gasteiger partial charge in [0.25, 0.3) is 0 Å². The minimum atomic E-state index is -0.322. The standard InChI is InChI=1S/C13H19BrO/c1-2-3-4-5-10-13(15)11-8-6-7-9-12(11)14/h6-9,13,15H,2-5,10H2,1H3/t13-/m0/s1. The summed E-state index contributed by atoms with van der Waals surface area (Å²) in [6.45, 7) is 2.20. The van der Waals surface area contributed by atoms with Crippen molar-refractivity contribution in [2.75, 3.05) is 0 Å². The second-order valence-corrected chi connectivity index (χ2v) is 4.74. The number of hydrogen-bond donors (Lipinski definition) is 1.